The lowest BCUT2D eigenvalue weighted by molar-refractivity contribution is 0.481. The van der Waals surface area contributed by atoms with Gasteiger partial charge in [-0.15, -0.1) is 0 Å². The fraction of sp³-hybridized carbons (Fsp3) is 0.286. The molecule has 2 aromatic rings. The second-order valence-corrected chi connectivity index (χ2v) is 4.41. The number of nitrogens with zero attached hydrogens (tertiary/aromatic N) is 1. The Morgan fingerprint density at radius 1 is 1.18 bits per heavy atom. The Balaban J connectivity index is 2.17. The number of nitrogen functional groups attached to an aromatic ring is 1. The second kappa shape index (κ2) is 4.53. The van der Waals surface area contributed by atoms with E-state index in [-0.39, 0.29) is 0 Å². The molecule has 1 heterocycles. The lowest BCUT2D eigenvalue weighted by Gasteiger charge is -2.20. The van der Waals surface area contributed by atoms with Gasteiger partial charge in [-0.25, -0.2) is 0 Å². The van der Waals surface area contributed by atoms with E-state index < -0.39 is 0 Å². The minimum atomic E-state index is 0.762. The third-order valence-corrected chi connectivity index (χ3v) is 2.82. The second-order valence-electron chi connectivity index (χ2n) is 4.41. The van der Waals surface area contributed by atoms with E-state index >= 15 is 0 Å². The maximum atomic E-state index is 5.75. The highest BCUT2D eigenvalue weighted by Crippen LogP contribution is 2.23. The van der Waals surface area contributed by atoms with Crippen molar-refractivity contribution in [1.82, 2.24) is 0 Å². The van der Waals surface area contributed by atoms with Crippen molar-refractivity contribution in [3.05, 3.63) is 47.4 Å². The fourth-order valence-electron chi connectivity index (χ4n) is 2.00. The summed E-state index contributed by atoms with van der Waals surface area (Å²) in [6.45, 7) is 4.78. The summed E-state index contributed by atoms with van der Waals surface area (Å²) in [5, 5.41) is 0. The molecule has 90 valence electrons. The van der Waals surface area contributed by atoms with E-state index in [1.165, 1.54) is 11.3 Å². The molecule has 0 saturated carbocycles. The van der Waals surface area contributed by atoms with Crippen LogP contribution < -0.4 is 10.6 Å². The Bertz CT molecular complexity index is 517. The van der Waals surface area contributed by atoms with Crippen LogP contribution in [0.4, 0.5) is 11.4 Å². The van der Waals surface area contributed by atoms with Gasteiger partial charge in [-0.1, -0.05) is 0 Å². The number of hydrogen-bond donors (Lipinski definition) is 1. The zero-order valence-corrected chi connectivity index (χ0v) is 10.5. The number of furan rings is 1. The Morgan fingerprint density at radius 2 is 1.94 bits per heavy atom. The highest BCUT2D eigenvalue weighted by molar-refractivity contribution is 5.58. The van der Waals surface area contributed by atoms with Gasteiger partial charge in [-0.3, -0.25) is 0 Å². The van der Waals surface area contributed by atoms with Crippen LogP contribution in [0.5, 0.6) is 0 Å². The molecule has 0 fully saturated rings. The van der Waals surface area contributed by atoms with Crippen LogP contribution in [0.25, 0.3) is 0 Å². The van der Waals surface area contributed by atoms with E-state index in [0.29, 0.717) is 0 Å². The number of nitrogens with two attached hydrogens (primary N) is 1. The normalized spacial score (nSPS) is 10.5. The molecule has 0 atom stereocenters. The monoisotopic (exact) mass is 230 g/mol. The molecule has 0 aliphatic carbocycles. The highest BCUT2D eigenvalue weighted by atomic mass is 16.3. The van der Waals surface area contributed by atoms with Crippen LogP contribution in [0.1, 0.15) is 17.1 Å². The molecule has 0 unspecified atom stereocenters. The summed E-state index contributed by atoms with van der Waals surface area (Å²) in [6.07, 6.45) is 0. The molecular formula is C14H18N2O. The zero-order valence-electron chi connectivity index (χ0n) is 10.5. The number of rotatable bonds is 3. The molecule has 0 aliphatic rings. The molecule has 0 aliphatic heterocycles. The first-order valence-electron chi connectivity index (χ1n) is 5.69. The van der Waals surface area contributed by atoms with Gasteiger partial charge >= 0.3 is 0 Å². The van der Waals surface area contributed by atoms with Crippen LogP contribution in [-0.4, -0.2) is 7.05 Å². The Labute approximate surface area is 102 Å². The summed E-state index contributed by atoms with van der Waals surface area (Å²) in [6, 6.07) is 9.95. The van der Waals surface area contributed by atoms with Crippen LogP contribution in [0, 0.1) is 13.8 Å². The molecule has 0 saturated heterocycles. The molecule has 3 nitrogen and oxygen atoms in total. The van der Waals surface area contributed by atoms with Gasteiger partial charge in [0, 0.05) is 18.4 Å². The minimum absolute atomic E-state index is 0.762. The summed E-state index contributed by atoms with van der Waals surface area (Å²) in [5.41, 5.74) is 8.90. The Hall–Kier alpha value is -1.90. The summed E-state index contributed by atoms with van der Waals surface area (Å²) >= 11 is 0. The average molecular weight is 230 g/mol. The predicted octanol–water partition coefficient (Wildman–Crippen LogP) is 3.12. The van der Waals surface area contributed by atoms with Gasteiger partial charge in [-0.2, -0.15) is 0 Å². The minimum Gasteiger partial charge on any atom is -0.464 e. The maximum Gasteiger partial charge on any atom is 0.123 e. The predicted molar refractivity (Wildman–Crippen MR) is 71.1 cm³/mol. The van der Waals surface area contributed by atoms with Crippen molar-refractivity contribution in [3.63, 3.8) is 0 Å². The summed E-state index contributed by atoms with van der Waals surface area (Å²) in [7, 11) is 2.05. The van der Waals surface area contributed by atoms with Gasteiger partial charge in [-0.05, 0) is 49.7 Å². The first kappa shape index (κ1) is 11.6. The van der Waals surface area contributed by atoms with Crippen molar-refractivity contribution in [1.29, 1.82) is 0 Å². The molecule has 3 heteroatoms. The highest BCUT2D eigenvalue weighted by Gasteiger charge is 2.07. The lowest BCUT2D eigenvalue weighted by atomic mass is 10.1. The van der Waals surface area contributed by atoms with Gasteiger partial charge in [0.1, 0.15) is 11.5 Å². The zero-order chi connectivity index (χ0) is 12.4. The Morgan fingerprint density at radius 3 is 2.53 bits per heavy atom. The summed E-state index contributed by atoms with van der Waals surface area (Å²) in [4.78, 5) is 2.16. The molecule has 1 aromatic carbocycles. The van der Waals surface area contributed by atoms with Crippen LogP contribution in [0.15, 0.2) is 34.7 Å². The van der Waals surface area contributed by atoms with Crippen molar-refractivity contribution in [2.45, 2.75) is 20.4 Å². The largest absolute Gasteiger partial charge is 0.464 e. The number of aryl methyl sites for hydroxylation is 2. The van der Waals surface area contributed by atoms with Gasteiger partial charge in [0.25, 0.3) is 0 Å². The molecule has 1 aromatic heterocycles. The number of anilines is 2. The SMILES string of the molecule is Cc1ccc(CN(C)c2ccc(N)cc2C)o1. The van der Waals surface area contributed by atoms with E-state index in [9.17, 15) is 0 Å². The van der Waals surface area contributed by atoms with Crippen molar-refractivity contribution in [2.24, 2.45) is 0 Å². The Kier molecular flexibility index (Phi) is 3.09. The van der Waals surface area contributed by atoms with Gasteiger partial charge in [0.15, 0.2) is 0 Å². The standard InChI is InChI=1S/C14H18N2O/c1-10-8-12(15)5-7-14(10)16(3)9-13-6-4-11(2)17-13/h4-8H,9,15H2,1-3H3. The van der Waals surface area contributed by atoms with Crippen LogP contribution in [0.3, 0.4) is 0 Å². The average Bonchev–Trinajstić information content (AvgIpc) is 2.63. The number of benzene rings is 1. The molecule has 0 amide bonds. The van der Waals surface area contributed by atoms with E-state index in [2.05, 4.69) is 18.9 Å². The quantitative estimate of drug-likeness (QED) is 0.824. The molecule has 0 spiro atoms. The van der Waals surface area contributed by atoms with E-state index in [1.54, 1.807) is 0 Å². The van der Waals surface area contributed by atoms with E-state index in [4.69, 9.17) is 10.2 Å². The molecule has 17 heavy (non-hydrogen) atoms. The van der Waals surface area contributed by atoms with Crippen LogP contribution in [0.2, 0.25) is 0 Å². The maximum absolute atomic E-state index is 5.75. The topological polar surface area (TPSA) is 42.4 Å². The molecular weight excluding hydrogens is 212 g/mol. The number of hydrogen-bond acceptors (Lipinski definition) is 3. The third kappa shape index (κ3) is 2.61. The molecule has 2 rings (SSSR count). The first-order chi connectivity index (χ1) is 8.06. The van der Waals surface area contributed by atoms with Crippen molar-refractivity contribution in [2.75, 3.05) is 17.7 Å². The fourth-order valence-corrected chi connectivity index (χ4v) is 2.00. The van der Waals surface area contributed by atoms with E-state index in [1.807, 2.05) is 37.3 Å². The lowest BCUT2D eigenvalue weighted by Crippen LogP contribution is -2.17. The van der Waals surface area contributed by atoms with Gasteiger partial charge < -0.3 is 15.1 Å². The van der Waals surface area contributed by atoms with E-state index in [0.717, 1.165) is 23.8 Å². The van der Waals surface area contributed by atoms with Gasteiger partial charge in [0.2, 0.25) is 0 Å². The van der Waals surface area contributed by atoms with Crippen LogP contribution >= 0.6 is 0 Å². The van der Waals surface area contributed by atoms with Crippen molar-refractivity contribution in [3.8, 4) is 0 Å². The molecule has 0 radical (unpaired) electrons. The molecule has 0 bridgehead atoms. The van der Waals surface area contributed by atoms with Crippen molar-refractivity contribution < 1.29 is 4.42 Å². The smallest absolute Gasteiger partial charge is 0.123 e. The summed E-state index contributed by atoms with van der Waals surface area (Å²) < 4.78 is 5.57. The van der Waals surface area contributed by atoms with Gasteiger partial charge in [0.05, 0.1) is 6.54 Å². The third-order valence-electron chi connectivity index (χ3n) is 2.82. The van der Waals surface area contributed by atoms with Crippen molar-refractivity contribution >= 4 is 11.4 Å². The van der Waals surface area contributed by atoms with Crippen LogP contribution in [-0.2, 0) is 6.54 Å². The first-order valence-corrected chi connectivity index (χ1v) is 5.69. The summed E-state index contributed by atoms with van der Waals surface area (Å²) in [5.74, 6) is 1.92. The molecule has 2 N–H and O–H groups in total.